The van der Waals surface area contributed by atoms with E-state index in [-0.39, 0.29) is 25.4 Å². The summed E-state index contributed by atoms with van der Waals surface area (Å²) < 4.78 is 0. The molecule has 21 heavy (non-hydrogen) atoms. The lowest BCUT2D eigenvalue weighted by Gasteiger charge is -2.17. The van der Waals surface area contributed by atoms with Crippen LogP contribution in [0.5, 0.6) is 0 Å². The van der Waals surface area contributed by atoms with E-state index in [9.17, 15) is 14.4 Å². The Bertz CT molecular complexity index is 495. The van der Waals surface area contributed by atoms with Gasteiger partial charge in [-0.2, -0.15) is 0 Å². The predicted molar refractivity (Wildman–Crippen MR) is 79.6 cm³/mol. The monoisotopic (exact) mass is 291 g/mol. The Hall–Kier alpha value is -2.21. The van der Waals surface area contributed by atoms with E-state index in [1.165, 1.54) is 10.5 Å². The number of amides is 2. The number of hydrogen-bond donors (Lipinski definition) is 2. The highest BCUT2D eigenvalue weighted by Crippen LogP contribution is 2.08. The van der Waals surface area contributed by atoms with Crippen molar-refractivity contribution in [2.24, 2.45) is 11.5 Å². The van der Waals surface area contributed by atoms with Crippen LogP contribution in [-0.4, -0.2) is 42.1 Å². The number of ketones is 1. The number of nitrogens with zero attached hydrogens (tertiary/aromatic N) is 1. The molecule has 0 spiro atoms. The minimum Gasteiger partial charge on any atom is -0.369 e. The molecule has 0 heterocycles. The van der Waals surface area contributed by atoms with Gasteiger partial charge >= 0.3 is 0 Å². The summed E-state index contributed by atoms with van der Waals surface area (Å²) >= 11 is 0. The van der Waals surface area contributed by atoms with Gasteiger partial charge in [0, 0.05) is 5.56 Å². The normalized spacial score (nSPS) is 10.6. The molecule has 2 amide bonds. The Morgan fingerprint density at radius 3 is 1.90 bits per heavy atom. The number of carbonyl (C=O) groups is 3. The third-order valence-electron chi connectivity index (χ3n) is 2.94. The Kier molecular flexibility index (Phi) is 6.55. The van der Waals surface area contributed by atoms with Crippen LogP contribution in [0, 0.1) is 0 Å². The van der Waals surface area contributed by atoms with E-state index in [0.717, 1.165) is 12.8 Å². The number of hydrogen-bond acceptors (Lipinski definition) is 4. The minimum absolute atomic E-state index is 0.0704. The van der Waals surface area contributed by atoms with Crippen LogP contribution in [0.4, 0.5) is 0 Å². The van der Waals surface area contributed by atoms with E-state index in [1.54, 1.807) is 12.1 Å². The zero-order valence-corrected chi connectivity index (χ0v) is 12.2. The molecule has 0 saturated carbocycles. The van der Waals surface area contributed by atoms with Crippen LogP contribution >= 0.6 is 0 Å². The molecule has 0 saturated heterocycles. The van der Waals surface area contributed by atoms with Gasteiger partial charge in [-0.1, -0.05) is 37.6 Å². The lowest BCUT2D eigenvalue weighted by molar-refractivity contribution is -0.121. The lowest BCUT2D eigenvalue weighted by atomic mass is 10.1. The fourth-order valence-corrected chi connectivity index (χ4v) is 2.05. The first-order chi connectivity index (χ1) is 9.92. The summed E-state index contributed by atoms with van der Waals surface area (Å²) in [5.41, 5.74) is 11.9. The summed E-state index contributed by atoms with van der Waals surface area (Å²) in [5.74, 6) is -1.40. The summed E-state index contributed by atoms with van der Waals surface area (Å²) in [6.45, 7) is 1.66. The summed E-state index contributed by atoms with van der Waals surface area (Å²) in [6, 6.07) is 7.31. The van der Waals surface area contributed by atoms with Crippen molar-refractivity contribution in [3.05, 3.63) is 35.4 Å². The molecule has 0 unspecified atom stereocenters. The molecule has 0 aliphatic heterocycles. The molecule has 0 aliphatic carbocycles. The summed E-state index contributed by atoms with van der Waals surface area (Å²) in [7, 11) is 0. The van der Waals surface area contributed by atoms with Gasteiger partial charge in [0.25, 0.3) is 0 Å². The Morgan fingerprint density at radius 1 is 0.952 bits per heavy atom. The van der Waals surface area contributed by atoms with Crippen molar-refractivity contribution >= 4 is 17.6 Å². The molecule has 0 aliphatic rings. The number of aryl methyl sites for hydroxylation is 1. The molecule has 6 heteroatoms. The average Bonchev–Trinajstić information content (AvgIpc) is 2.38. The van der Waals surface area contributed by atoms with Crippen LogP contribution in [0.15, 0.2) is 24.3 Å². The second kappa shape index (κ2) is 8.16. The van der Waals surface area contributed by atoms with Gasteiger partial charge in [0.2, 0.25) is 11.8 Å². The smallest absolute Gasteiger partial charge is 0.231 e. The molecule has 0 atom stereocenters. The summed E-state index contributed by atoms with van der Waals surface area (Å²) in [4.78, 5) is 35.4. The first kappa shape index (κ1) is 16.8. The SMILES string of the molecule is CCCc1ccc(C(=O)CN(CC(N)=O)CC(N)=O)cc1. The van der Waals surface area contributed by atoms with Crippen LogP contribution < -0.4 is 11.5 Å². The quantitative estimate of drug-likeness (QED) is 0.629. The molecule has 1 aromatic carbocycles. The van der Waals surface area contributed by atoms with Crippen molar-refractivity contribution in [3.63, 3.8) is 0 Å². The molecule has 4 N–H and O–H groups in total. The Labute approximate surface area is 124 Å². The van der Waals surface area contributed by atoms with Gasteiger partial charge in [-0.3, -0.25) is 19.3 Å². The highest BCUT2D eigenvalue weighted by Gasteiger charge is 2.16. The molecule has 0 bridgehead atoms. The van der Waals surface area contributed by atoms with Gasteiger partial charge in [0.1, 0.15) is 0 Å². The number of Topliss-reactive ketones (excluding diaryl/α,β-unsaturated/α-hetero) is 1. The van der Waals surface area contributed by atoms with Crippen molar-refractivity contribution < 1.29 is 14.4 Å². The lowest BCUT2D eigenvalue weighted by Crippen LogP contribution is -2.42. The van der Waals surface area contributed by atoms with Gasteiger partial charge in [-0.25, -0.2) is 0 Å². The van der Waals surface area contributed by atoms with Crippen LogP contribution in [0.3, 0.4) is 0 Å². The van der Waals surface area contributed by atoms with E-state index >= 15 is 0 Å². The molecule has 0 radical (unpaired) electrons. The summed E-state index contributed by atoms with van der Waals surface area (Å²) in [5, 5.41) is 0. The van der Waals surface area contributed by atoms with E-state index in [0.29, 0.717) is 5.56 Å². The van der Waals surface area contributed by atoms with Gasteiger partial charge in [0.15, 0.2) is 5.78 Å². The second-order valence-corrected chi connectivity index (χ2v) is 4.95. The van der Waals surface area contributed by atoms with Gasteiger partial charge in [-0.15, -0.1) is 0 Å². The van der Waals surface area contributed by atoms with Crippen LogP contribution in [-0.2, 0) is 16.0 Å². The number of rotatable bonds is 9. The van der Waals surface area contributed by atoms with Crippen LogP contribution in [0.25, 0.3) is 0 Å². The van der Waals surface area contributed by atoms with E-state index in [4.69, 9.17) is 11.5 Å². The second-order valence-electron chi connectivity index (χ2n) is 4.95. The molecular weight excluding hydrogens is 270 g/mol. The number of primary amides is 2. The van der Waals surface area contributed by atoms with Crippen LogP contribution in [0.1, 0.15) is 29.3 Å². The van der Waals surface area contributed by atoms with E-state index < -0.39 is 11.8 Å². The Morgan fingerprint density at radius 2 is 1.48 bits per heavy atom. The molecule has 0 aromatic heterocycles. The fraction of sp³-hybridized carbons (Fsp3) is 0.400. The maximum atomic E-state index is 12.1. The van der Waals surface area contributed by atoms with Crippen molar-refractivity contribution in [3.8, 4) is 0 Å². The third-order valence-corrected chi connectivity index (χ3v) is 2.94. The maximum absolute atomic E-state index is 12.1. The first-order valence-electron chi connectivity index (χ1n) is 6.83. The molecular formula is C15H21N3O3. The van der Waals surface area contributed by atoms with Crippen molar-refractivity contribution in [2.45, 2.75) is 19.8 Å². The zero-order valence-electron chi connectivity index (χ0n) is 12.2. The van der Waals surface area contributed by atoms with Gasteiger partial charge in [0.05, 0.1) is 19.6 Å². The largest absolute Gasteiger partial charge is 0.369 e. The molecule has 6 nitrogen and oxygen atoms in total. The standard InChI is InChI=1S/C15H21N3O3/c1-2-3-11-4-6-12(7-5-11)13(19)8-18(9-14(16)20)10-15(17)21/h4-7H,2-3,8-10H2,1H3,(H2,16,20)(H2,17,21). The number of nitrogens with two attached hydrogens (primary N) is 2. The molecule has 114 valence electrons. The van der Waals surface area contributed by atoms with E-state index in [1.807, 2.05) is 12.1 Å². The average molecular weight is 291 g/mol. The van der Waals surface area contributed by atoms with Gasteiger partial charge in [-0.05, 0) is 12.0 Å². The first-order valence-corrected chi connectivity index (χ1v) is 6.83. The van der Waals surface area contributed by atoms with Gasteiger partial charge < -0.3 is 11.5 Å². The number of carbonyl (C=O) groups excluding carboxylic acids is 3. The van der Waals surface area contributed by atoms with E-state index in [2.05, 4.69) is 6.92 Å². The minimum atomic E-state index is -0.609. The zero-order chi connectivity index (χ0) is 15.8. The number of benzene rings is 1. The van der Waals surface area contributed by atoms with Crippen LogP contribution in [0.2, 0.25) is 0 Å². The van der Waals surface area contributed by atoms with Crippen molar-refractivity contribution in [1.29, 1.82) is 0 Å². The van der Waals surface area contributed by atoms with Crippen molar-refractivity contribution in [1.82, 2.24) is 4.90 Å². The molecule has 1 rings (SSSR count). The summed E-state index contributed by atoms with van der Waals surface area (Å²) in [6.07, 6.45) is 2.00. The molecule has 1 aromatic rings. The third kappa shape index (κ3) is 6.18. The fourth-order valence-electron chi connectivity index (χ4n) is 2.05. The maximum Gasteiger partial charge on any atom is 0.231 e. The topological polar surface area (TPSA) is 106 Å². The predicted octanol–water partition coefficient (Wildman–Crippen LogP) is 0.0944. The van der Waals surface area contributed by atoms with Crippen molar-refractivity contribution in [2.75, 3.05) is 19.6 Å². The highest BCUT2D eigenvalue weighted by molar-refractivity contribution is 5.98. The Balaban J connectivity index is 2.71. The highest BCUT2D eigenvalue weighted by atomic mass is 16.2. The molecule has 0 fully saturated rings.